The third-order valence-electron chi connectivity index (χ3n) is 5.70. The molecule has 2 aromatic heterocycles. The summed E-state index contributed by atoms with van der Waals surface area (Å²) >= 11 is 0. The number of halogens is 1. The van der Waals surface area contributed by atoms with Crippen LogP contribution >= 0.6 is 0 Å². The standard InChI is InChI=1S/C22H30FN5O3/c1-2-15(23)12-25-22-26-13-18(20(28-22)27-16-3-5-17(29)6-4-16)19-11-14(7-8-24-19)21-30-9-10-31-21/h7-8,11,13,15-17,21,29H,2-6,9-10,12H2,1H3,(H2,25,26,27,28)/t15-,16?,17?/m0/s1. The molecule has 0 radical (unpaired) electrons. The van der Waals surface area contributed by atoms with Crippen LogP contribution in [0.25, 0.3) is 11.3 Å². The van der Waals surface area contributed by atoms with Gasteiger partial charge >= 0.3 is 0 Å². The van der Waals surface area contributed by atoms with Crippen LogP contribution in [0.1, 0.15) is 50.9 Å². The highest BCUT2D eigenvalue weighted by molar-refractivity contribution is 5.73. The summed E-state index contributed by atoms with van der Waals surface area (Å²) in [6.07, 6.45) is 5.50. The fraction of sp³-hybridized carbons (Fsp3) is 0.591. The Bertz CT molecular complexity index is 857. The average Bonchev–Trinajstić information content (AvgIpc) is 3.34. The smallest absolute Gasteiger partial charge is 0.224 e. The van der Waals surface area contributed by atoms with Crippen LogP contribution in [0.4, 0.5) is 16.2 Å². The van der Waals surface area contributed by atoms with E-state index in [1.807, 2.05) is 12.1 Å². The van der Waals surface area contributed by atoms with Crippen LogP contribution in [0, 0.1) is 0 Å². The minimum Gasteiger partial charge on any atom is -0.393 e. The van der Waals surface area contributed by atoms with Crippen LogP contribution in [0.5, 0.6) is 0 Å². The van der Waals surface area contributed by atoms with Crippen molar-refractivity contribution in [3.63, 3.8) is 0 Å². The molecule has 1 saturated heterocycles. The predicted octanol–water partition coefficient (Wildman–Crippen LogP) is 3.46. The minimum absolute atomic E-state index is 0.162. The molecule has 0 amide bonds. The van der Waals surface area contributed by atoms with Crippen molar-refractivity contribution in [1.82, 2.24) is 15.0 Å². The number of ether oxygens (including phenoxy) is 2. The van der Waals surface area contributed by atoms with Gasteiger partial charge < -0.3 is 25.2 Å². The lowest BCUT2D eigenvalue weighted by molar-refractivity contribution is -0.0441. The maximum absolute atomic E-state index is 13.7. The van der Waals surface area contributed by atoms with Crippen molar-refractivity contribution in [2.75, 3.05) is 30.4 Å². The number of aliphatic hydroxyl groups excluding tert-OH is 1. The number of pyridine rings is 1. The summed E-state index contributed by atoms with van der Waals surface area (Å²) in [7, 11) is 0. The summed E-state index contributed by atoms with van der Waals surface area (Å²) in [5, 5.41) is 16.3. The number of alkyl halides is 1. The molecule has 0 spiro atoms. The number of aliphatic hydroxyl groups is 1. The normalized spacial score (nSPS) is 22.9. The molecule has 1 atom stereocenters. The fourth-order valence-electron chi connectivity index (χ4n) is 3.82. The van der Waals surface area contributed by atoms with E-state index in [2.05, 4.69) is 25.6 Å². The lowest BCUT2D eigenvalue weighted by Crippen LogP contribution is -2.29. The quantitative estimate of drug-likeness (QED) is 0.584. The van der Waals surface area contributed by atoms with Gasteiger partial charge in [0.25, 0.3) is 0 Å². The third-order valence-corrected chi connectivity index (χ3v) is 5.70. The molecular weight excluding hydrogens is 401 g/mol. The second kappa shape index (κ2) is 10.3. The van der Waals surface area contributed by atoms with Gasteiger partial charge in [0, 0.05) is 30.5 Å². The summed E-state index contributed by atoms with van der Waals surface area (Å²) in [5.74, 6) is 1.01. The van der Waals surface area contributed by atoms with E-state index in [1.54, 1.807) is 19.3 Å². The molecule has 3 N–H and O–H groups in total. The summed E-state index contributed by atoms with van der Waals surface area (Å²) in [6, 6.07) is 3.99. The molecule has 1 aliphatic heterocycles. The number of nitrogens with one attached hydrogen (secondary N) is 2. The van der Waals surface area contributed by atoms with Crippen LogP contribution in [-0.2, 0) is 9.47 Å². The molecule has 2 aromatic rings. The molecule has 3 heterocycles. The van der Waals surface area contributed by atoms with Crippen molar-refractivity contribution in [2.45, 2.75) is 63.6 Å². The minimum atomic E-state index is -0.954. The monoisotopic (exact) mass is 431 g/mol. The first-order valence-corrected chi connectivity index (χ1v) is 11.0. The van der Waals surface area contributed by atoms with E-state index in [1.165, 1.54) is 0 Å². The molecule has 1 saturated carbocycles. The van der Waals surface area contributed by atoms with Crippen LogP contribution in [0.2, 0.25) is 0 Å². The summed E-state index contributed by atoms with van der Waals surface area (Å²) in [4.78, 5) is 13.5. The Labute approximate surface area is 181 Å². The highest BCUT2D eigenvalue weighted by Crippen LogP contribution is 2.31. The fourth-order valence-corrected chi connectivity index (χ4v) is 3.82. The summed E-state index contributed by atoms with van der Waals surface area (Å²) in [6.45, 7) is 3.10. The predicted molar refractivity (Wildman–Crippen MR) is 115 cm³/mol. The first kappa shape index (κ1) is 21.9. The molecule has 0 bridgehead atoms. The number of anilines is 2. The zero-order valence-electron chi connectivity index (χ0n) is 17.8. The highest BCUT2D eigenvalue weighted by atomic mass is 19.1. The van der Waals surface area contributed by atoms with E-state index in [4.69, 9.17) is 9.47 Å². The van der Waals surface area contributed by atoms with Crippen LogP contribution < -0.4 is 10.6 Å². The van der Waals surface area contributed by atoms with Gasteiger partial charge in [0.15, 0.2) is 6.29 Å². The Morgan fingerprint density at radius 2 is 1.97 bits per heavy atom. The van der Waals surface area contributed by atoms with Crippen molar-refractivity contribution in [1.29, 1.82) is 0 Å². The zero-order valence-corrected chi connectivity index (χ0v) is 17.8. The molecule has 9 heteroatoms. The van der Waals surface area contributed by atoms with Gasteiger partial charge in [-0.05, 0) is 44.2 Å². The number of nitrogens with zero attached hydrogens (tertiary/aromatic N) is 3. The Balaban J connectivity index is 1.60. The zero-order chi connectivity index (χ0) is 21.6. The van der Waals surface area contributed by atoms with Gasteiger partial charge in [0.1, 0.15) is 12.0 Å². The maximum Gasteiger partial charge on any atom is 0.224 e. The topological polar surface area (TPSA) is 101 Å². The second-order valence-corrected chi connectivity index (χ2v) is 8.04. The van der Waals surface area contributed by atoms with Crippen molar-refractivity contribution >= 4 is 11.8 Å². The first-order valence-electron chi connectivity index (χ1n) is 11.0. The summed E-state index contributed by atoms with van der Waals surface area (Å²) in [5.41, 5.74) is 2.35. The van der Waals surface area contributed by atoms with E-state index >= 15 is 0 Å². The number of hydrogen-bond acceptors (Lipinski definition) is 8. The van der Waals surface area contributed by atoms with Crippen molar-refractivity contribution in [3.8, 4) is 11.3 Å². The van der Waals surface area contributed by atoms with Gasteiger partial charge in [0.2, 0.25) is 5.95 Å². The highest BCUT2D eigenvalue weighted by Gasteiger charge is 2.23. The van der Waals surface area contributed by atoms with Crippen molar-refractivity contribution in [3.05, 3.63) is 30.1 Å². The Hall–Kier alpha value is -2.36. The van der Waals surface area contributed by atoms with Gasteiger partial charge in [-0.15, -0.1) is 0 Å². The maximum atomic E-state index is 13.7. The molecule has 2 fully saturated rings. The van der Waals surface area contributed by atoms with Crippen molar-refractivity contribution in [2.24, 2.45) is 0 Å². The van der Waals surface area contributed by atoms with E-state index < -0.39 is 12.5 Å². The lowest BCUT2D eigenvalue weighted by atomic mass is 9.93. The Morgan fingerprint density at radius 3 is 2.71 bits per heavy atom. The number of hydrogen-bond donors (Lipinski definition) is 3. The lowest BCUT2D eigenvalue weighted by Gasteiger charge is -2.27. The molecule has 4 rings (SSSR count). The molecule has 168 valence electrons. The van der Waals surface area contributed by atoms with Gasteiger partial charge in [0.05, 0.1) is 30.6 Å². The largest absolute Gasteiger partial charge is 0.393 e. The van der Waals surface area contributed by atoms with Gasteiger partial charge in [-0.25, -0.2) is 9.37 Å². The molecule has 8 nitrogen and oxygen atoms in total. The number of rotatable bonds is 8. The Kier molecular flexibility index (Phi) is 7.26. The Morgan fingerprint density at radius 1 is 1.19 bits per heavy atom. The van der Waals surface area contributed by atoms with E-state index in [-0.39, 0.29) is 18.7 Å². The molecule has 31 heavy (non-hydrogen) atoms. The second-order valence-electron chi connectivity index (χ2n) is 8.04. The first-order chi connectivity index (χ1) is 15.1. The molecule has 0 unspecified atom stereocenters. The van der Waals surface area contributed by atoms with Crippen LogP contribution in [0.15, 0.2) is 24.5 Å². The molecule has 1 aliphatic carbocycles. The molecule has 0 aromatic carbocycles. The van der Waals surface area contributed by atoms with Gasteiger partial charge in [-0.2, -0.15) is 4.98 Å². The van der Waals surface area contributed by atoms with Gasteiger partial charge in [-0.1, -0.05) is 6.92 Å². The van der Waals surface area contributed by atoms with Crippen LogP contribution in [0.3, 0.4) is 0 Å². The molecular formula is C22H30FN5O3. The van der Waals surface area contributed by atoms with Crippen molar-refractivity contribution < 1.29 is 19.0 Å². The van der Waals surface area contributed by atoms with E-state index in [0.29, 0.717) is 37.1 Å². The summed E-state index contributed by atoms with van der Waals surface area (Å²) < 4.78 is 24.9. The SMILES string of the molecule is CC[C@H](F)CNc1ncc(-c2cc(C3OCCO3)ccn2)c(NC2CCC(O)CC2)n1. The van der Waals surface area contributed by atoms with Crippen LogP contribution in [-0.4, -0.2) is 58.1 Å². The number of aromatic nitrogens is 3. The van der Waals surface area contributed by atoms with E-state index in [0.717, 1.165) is 36.8 Å². The van der Waals surface area contributed by atoms with Gasteiger partial charge in [-0.3, -0.25) is 4.98 Å². The third kappa shape index (κ3) is 5.66. The molecule has 2 aliphatic rings. The van der Waals surface area contributed by atoms with E-state index in [9.17, 15) is 9.50 Å². The average molecular weight is 432 g/mol.